The minimum atomic E-state index is -0.891. The molecule has 25 heavy (non-hydrogen) atoms. The lowest BCUT2D eigenvalue weighted by Gasteiger charge is -2.24. The van der Waals surface area contributed by atoms with Crippen LogP contribution in [-0.4, -0.2) is 33.8 Å². The molecule has 0 saturated heterocycles. The zero-order valence-corrected chi connectivity index (χ0v) is 15.9. The normalized spacial score (nSPS) is 11.5. The summed E-state index contributed by atoms with van der Waals surface area (Å²) in [4.78, 5) is 13.0. The number of nitriles is 1. The molecule has 0 spiro atoms. The molecule has 0 atom stereocenters. The minimum Gasteiger partial charge on any atom is -0.465 e. The molecule has 0 fully saturated rings. The van der Waals surface area contributed by atoms with Crippen molar-refractivity contribution in [3.05, 3.63) is 34.5 Å². The number of benzene rings is 1. The molecule has 0 aliphatic rings. The van der Waals surface area contributed by atoms with Gasteiger partial charge in [0.15, 0.2) is 0 Å². The van der Waals surface area contributed by atoms with Crippen molar-refractivity contribution < 1.29 is 9.90 Å². The summed E-state index contributed by atoms with van der Waals surface area (Å²) >= 11 is 6.12. The second-order valence-corrected chi connectivity index (χ2v) is 7.93. The molecular weight excluding hydrogens is 338 g/mol. The zero-order chi connectivity index (χ0) is 18.8. The van der Waals surface area contributed by atoms with E-state index in [0.29, 0.717) is 30.1 Å². The highest BCUT2D eigenvalue weighted by Crippen LogP contribution is 2.26. The molecule has 0 radical (unpaired) electrons. The Hall–Kier alpha value is -2.19. The van der Waals surface area contributed by atoms with Crippen LogP contribution in [0.15, 0.2) is 18.2 Å². The molecule has 1 N–H and O–H groups in total. The summed E-state index contributed by atoms with van der Waals surface area (Å²) in [5.41, 5.74) is 2.50. The lowest BCUT2D eigenvalue weighted by atomic mass is 9.92. The quantitative estimate of drug-likeness (QED) is 0.841. The van der Waals surface area contributed by atoms with Gasteiger partial charge in [-0.2, -0.15) is 5.26 Å². The molecule has 0 saturated carbocycles. The van der Waals surface area contributed by atoms with Crippen molar-refractivity contribution in [1.82, 2.24) is 9.47 Å². The molecule has 1 heterocycles. The van der Waals surface area contributed by atoms with E-state index in [0.717, 1.165) is 23.0 Å². The van der Waals surface area contributed by atoms with Crippen LogP contribution in [0.5, 0.6) is 0 Å². The highest BCUT2D eigenvalue weighted by molar-refractivity contribution is 6.32. The third-order valence-electron chi connectivity index (χ3n) is 4.39. The molecule has 0 aliphatic carbocycles. The topological polar surface area (TPSA) is 69.3 Å². The maximum absolute atomic E-state index is 11.5. The Bertz CT molecular complexity index is 828. The number of fused-ring (bicyclic) bond motifs is 1. The summed E-state index contributed by atoms with van der Waals surface area (Å²) in [5, 5.41) is 19.9. The van der Waals surface area contributed by atoms with Gasteiger partial charge in [0.05, 0.1) is 10.6 Å². The molecule has 2 rings (SSSR count). The molecule has 134 valence electrons. The largest absolute Gasteiger partial charge is 0.465 e. The lowest BCUT2D eigenvalue weighted by Crippen LogP contribution is -2.34. The standard InChI is InChI=1S/C19H24ClN3O2/c1-19(2,3)6-8-23(18(24)25)7-5-15-10-13-9-14(12-21)16(20)11-17(13)22(15)4/h9-11H,5-8H2,1-4H3,(H,24,25). The van der Waals surface area contributed by atoms with Crippen LogP contribution in [0.4, 0.5) is 4.79 Å². The average Bonchev–Trinajstić information content (AvgIpc) is 2.81. The van der Waals surface area contributed by atoms with Crippen molar-refractivity contribution in [3.8, 4) is 6.07 Å². The number of halogens is 1. The fourth-order valence-electron chi connectivity index (χ4n) is 2.77. The third kappa shape index (κ3) is 4.67. The Balaban J connectivity index is 2.17. The number of carbonyl (C=O) groups is 1. The Morgan fingerprint density at radius 3 is 2.56 bits per heavy atom. The van der Waals surface area contributed by atoms with Gasteiger partial charge in [-0.15, -0.1) is 0 Å². The van der Waals surface area contributed by atoms with Crippen LogP contribution in [0.3, 0.4) is 0 Å². The van der Waals surface area contributed by atoms with E-state index in [2.05, 4.69) is 26.8 Å². The average molecular weight is 362 g/mol. The summed E-state index contributed by atoms with van der Waals surface area (Å²) in [5.74, 6) is 0. The van der Waals surface area contributed by atoms with Crippen LogP contribution in [-0.2, 0) is 13.5 Å². The van der Waals surface area contributed by atoms with Crippen LogP contribution in [0, 0.1) is 16.7 Å². The highest BCUT2D eigenvalue weighted by Gasteiger charge is 2.18. The molecule has 5 nitrogen and oxygen atoms in total. The molecule has 1 aromatic heterocycles. The van der Waals surface area contributed by atoms with Gasteiger partial charge in [0.2, 0.25) is 0 Å². The number of aryl methyl sites for hydroxylation is 1. The Morgan fingerprint density at radius 1 is 1.32 bits per heavy atom. The van der Waals surface area contributed by atoms with E-state index in [1.165, 1.54) is 4.90 Å². The molecular formula is C19H24ClN3O2. The molecule has 0 aliphatic heterocycles. The molecule has 0 bridgehead atoms. The molecule has 1 aromatic carbocycles. The summed E-state index contributed by atoms with van der Waals surface area (Å²) in [7, 11) is 1.93. The van der Waals surface area contributed by atoms with E-state index >= 15 is 0 Å². The summed E-state index contributed by atoms with van der Waals surface area (Å²) in [6.45, 7) is 7.27. The number of rotatable bonds is 5. The minimum absolute atomic E-state index is 0.0950. The molecule has 6 heteroatoms. The Morgan fingerprint density at radius 2 is 2.00 bits per heavy atom. The van der Waals surface area contributed by atoms with E-state index in [9.17, 15) is 9.90 Å². The van der Waals surface area contributed by atoms with Gasteiger partial charge >= 0.3 is 6.09 Å². The summed E-state index contributed by atoms with van der Waals surface area (Å²) < 4.78 is 2.01. The maximum atomic E-state index is 11.5. The van der Waals surface area contributed by atoms with Gasteiger partial charge in [-0.1, -0.05) is 32.4 Å². The number of amides is 1. The van der Waals surface area contributed by atoms with Crippen LogP contribution in [0.25, 0.3) is 10.9 Å². The number of aromatic nitrogens is 1. The van der Waals surface area contributed by atoms with E-state index < -0.39 is 6.09 Å². The van der Waals surface area contributed by atoms with E-state index in [1.54, 1.807) is 12.1 Å². The summed E-state index contributed by atoms with van der Waals surface area (Å²) in [6, 6.07) is 7.64. The fourth-order valence-corrected chi connectivity index (χ4v) is 2.97. The van der Waals surface area contributed by atoms with Crippen LogP contribution < -0.4 is 0 Å². The highest BCUT2D eigenvalue weighted by atomic mass is 35.5. The second-order valence-electron chi connectivity index (χ2n) is 7.53. The molecule has 1 amide bonds. The van der Waals surface area contributed by atoms with Crippen molar-refractivity contribution >= 4 is 28.6 Å². The van der Waals surface area contributed by atoms with E-state index in [1.807, 2.05) is 17.7 Å². The van der Waals surface area contributed by atoms with Crippen LogP contribution >= 0.6 is 11.6 Å². The van der Waals surface area contributed by atoms with Gasteiger partial charge < -0.3 is 14.6 Å². The zero-order valence-electron chi connectivity index (χ0n) is 15.1. The van der Waals surface area contributed by atoms with Gasteiger partial charge in [0.25, 0.3) is 0 Å². The van der Waals surface area contributed by atoms with Crippen LogP contribution in [0.2, 0.25) is 5.02 Å². The first-order valence-electron chi connectivity index (χ1n) is 8.28. The monoisotopic (exact) mass is 361 g/mol. The van der Waals surface area contributed by atoms with Crippen molar-refractivity contribution in [2.24, 2.45) is 12.5 Å². The van der Waals surface area contributed by atoms with Gasteiger partial charge in [-0.05, 0) is 30.0 Å². The predicted octanol–water partition coefficient (Wildman–Crippen LogP) is 4.66. The first-order valence-corrected chi connectivity index (χ1v) is 8.66. The van der Waals surface area contributed by atoms with E-state index in [-0.39, 0.29) is 5.41 Å². The van der Waals surface area contributed by atoms with Crippen molar-refractivity contribution in [1.29, 1.82) is 5.26 Å². The number of nitrogens with zero attached hydrogens (tertiary/aromatic N) is 3. The van der Waals surface area contributed by atoms with Gasteiger partial charge in [0, 0.05) is 43.2 Å². The smallest absolute Gasteiger partial charge is 0.407 e. The number of carboxylic acid groups (broad SMARTS) is 1. The number of hydrogen-bond acceptors (Lipinski definition) is 2. The van der Waals surface area contributed by atoms with E-state index in [4.69, 9.17) is 16.9 Å². The molecule has 0 unspecified atom stereocenters. The van der Waals surface area contributed by atoms with Crippen molar-refractivity contribution in [3.63, 3.8) is 0 Å². The SMILES string of the molecule is Cn1c(CCN(CCC(C)(C)C)C(=O)O)cc2cc(C#N)c(Cl)cc21. The van der Waals surface area contributed by atoms with Crippen molar-refractivity contribution in [2.45, 2.75) is 33.6 Å². The third-order valence-corrected chi connectivity index (χ3v) is 4.70. The summed E-state index contributed by atoms with van der Waals surface area (Å²) in [6.07, 6.45) is 0.536. The predicted molar refractivity (Wildman–Crippen MR) is 100 cm³/mol. The first kappa shape index (κ1) is 19.1. The Kier molecular flexibility index (Phi) is 5.64. The van der Waals surface area contributed by atoms with Crippen LogP contribution in [0.1, 0.15) is 38.4 Å². The molecule has 2 aromatic rings. The first-order chi connectivity index (χ1) is 11.6. The maximum Gasteiger partial charge on any atom is 0.407 e. The number of hydrogen-bond donors (Lipinski definition) is 1. The lowest BCUT2D eigenvalue weighted by molar-refractivity contribution is 0.139. The van der Waals surface area contributed by atoms with Gasteiger partial charge in [0.1, 0.15) is 6.07 Å². The van der Waals surface area contributed by atoms with Gasteiger partial charge in [-0.3, -0.25) is 0 Å². The van der Waals surface area contributed by atoms with Gasteiger partial charge in [-0.25, -0.2) is 4.79 Å². The second kappa shape index (κ2) is 7.37. The van der Waals surface area contributed by atoms with Crippen molar-refractivity contribution in [2.75, 3.05) is 13.1 Å². The fraction of sp³-hybridized carbons (Fsp3) is 0.474. The Labute approximate surface area is 153 Å².